The molecule has 3 unspecified atom stereocenters. The van der Waals surface area contributed by atoms with Gasteiger partial charge in [0.15, 0.2) is 0 Å². The van der Waals surface area contributed by atoms with Crippen molar-refractivity contribution in [2.24, 2.45) is 16.8 Å². The molecule has 2 aliphatic rings. The number of amides is 2. The number of fused-ring (bicyclic) bond motifs is 1. The molecule has 1 aromatic carbocycles. The summed E-state index contributed by atoms with van der Waals surface area (Å²) in [6.45, 7) is 4.03. The Balaban J connectivity index is 1.79. The fourth-order valence-corrected chi connectivity index (χ4v) is 3.77. The molecule has 2 amide bonds. The van der Waals surface area contributed by atoms with Gasteiger partial charge in [-0.2, -0.15) is 13.2 Å². The Bertz CT molecular complexity index is 827. The van der Waals surface area contributed by atoms with Gasteiger partial charge in [-0.25, -0.2) is 4.99 Å². The molecule has 0 radical (unpaired) electrons. The second-order valence-corrected chi connectivity index (χ2v) is 7.11. The lowest BCUT2D eigenvalue weighted by molar-refractivity contribution is -0.132. The zero-order chi connectivity index (χ0) is 19.8. The first-order chi connectivity index (χ1) is 12.7. The molecule has 1 aliphatic carbocycles. The third-order valence-corrected chi connectivity index (χ3v) is 5.06. The topological polar surface area (TPSA) is 58.5 Å². The molecule has 0 saturated heterocycles. The first kappa shape index (κ1) is 19.3. The van der Waals surface area contributed by atoms with Gasteiger partial charge in [0.2, 0.25) is 5.91 Å². The van der Waals surface area contributed by atoms with E-state index in [9.17, 15) is 22.8 Å². The molecule has 1 heterocycles. The first-order valence-electron chi connectivity index (χ1n) is 8.98. The third kappa shape index (κ3) is 3.96. The van der Waals surface area contributed by atoms with E-state index in [0.29, 0.717) is 6.08 Å². The molecule has 0 fully saturated rings. The Morgan fingerprint density at radius 3 is 2.70 bits per heavy atom. The summed E-state index contributed by atoms with van der Waals surface area (Å²) in [5.41, 5.74) is 1.97. The monoisotopic (exact) mass is 378 g/mol. The number of nitrogens with zero attached hydrogens (tertiary/aromatic N) is 1. The molecule has 1 aromatic rings. The third-order valence-electron chi connectivity index (χ3n) is 5.06. The van der Waals surface area contributed by atoms with Crippen molar-refractivity contribution >= 4 is 17.5 Å². The van der Waals surface area contributed by atoms with E-state index in [1.165, 1.54) is 0 Å². The van der Waals surface area contributed by atoms with E-state index in [1.807, 2.05) is 25.1 Å². The molecule has 3 atom stereocenters. The minimum atomic E-state index is -4.71. The number of carbonyl (C=O) groups excluding carboxylic acids is 2. The summed E-state index contributed by atoms with van der Waals surface area (Å²) in [6.07, 6.45) is -0.341. The van der Waals surface area contributed by atoms with Crippen LogP contribution in [-0.4, -0.2) is 23.7 Å². The summed E-state index contributed by atoms with van der Waals surface area (Å²) in [7, 11) is 0. The Kier molecular flexibility index (Phi) is 5.22. The Hall–Kier alpha value is -2.44. The van der Waals surface area contributed by atoms with Gasteiger partial charge in [-0.3, -0.25) is 9.59 Å². The van der Waals surface area contributed by atoms with Gasteiger partial charge in [0.25, 0.3) is 5.91 Å². The lowest BCUT2D eigenvalue weighted by Gasteiger charge is -2.24. The van der Waals surface area contributed by atoms with Crippen molar-refractivity contribution in [3.05, 3.63) is 47.0 Å². The summed E-state index contributed by atoms with van der Waals surface area (Å²) >= 11 is 0. The summed E-state index contributed by atoms with van der Waals surface area (Å²) in [4.78, 5) is 27.7. The number of alkyl halides is 3. The smallest absolute Gasteiger partial charge is 0.348 e. The number of aryl methyl sites for hydroxylation is 1. The number of nitrogens with one attached hydrogen (secondary N) is 1. The standard InChI is InChI=1S/C20H21F3N2O2/c1-3-4-13-10-12-6-5-11(2)9-15(12)17(13)25-19(27)14-7-8-16(20(21,22)23)24-18(14)26/h5-9,13-14,17H,3-4,10H2,1-2H3,(H,25,27). The number of halogens is 3. The van der Waals surface area contributed by atoms with E-state index < -0.39 is 29.6 Å². The largest absolute Gasteiger partial charge is 0.433 e. The summed E-state index contributed by atoms with van der Waals surface area (Å²) in [6, 6.07) is 5.84. The average molecular weight is 378 g/mol. The minimum absolute atomic E-state index is 0.202. The van der Waals surface area contributed by atoms with Gasteiger partial charge in [-0.15, -0.1) is 0 Å². The van der Waals surface area contributed by atoms with Gasteiger partial charge in [0, 0.05) is 0 Å². The second kappa shape index (κ2) is 7.29. The van der Waals surface area contributed by atoms with Gasteiger partial charge >= 0.3 is 6.18 Å². The lowest BCUT2D eigenvalue weighted by Crippen LogP contribution is -2.40. The van der Waals surface area contributed by atoms with Crippen molar-refractivity contribution in [3.8, 4) is 0 Å². The van der Waals surface area contributed by atoms with Crippen LogP contribution < -0.4 is 5.32 Å². The number of carbonyl (C=O) groups is 2. The number of benzene rings is 1. The van der Waals surface area contributed by atoms with Crippen molar-refractivity contribution in [3.63, 3.8) is 0 Å². The number of hydrogen-bond donors (Lipinski definition) is 1. The molecule has 144 valence electrons. The maximum Gasteiger partial charge on any atom is 0.433 e. The van der Waals surface area contributed by atoms with Crippen LogP contribution >= 0.6 is 0 Å². The van der Waals surface area contributed by atoms with Crippen molar-refractivity contribution in [1.82, 2.24) is 5.32 Å². The molecule has 0 spiro atoms. The summed E-state index contributed by atoms with van der Waals surface area (Å²) in [5.74, 6) is -2.82. The predicted octanol–water partition coefficient (Wildman–Crippen LogP) is 3.84. The van der Waals surface area contributed by atoms with Gasteiger partial charge in [-0.05, 0) is 42.9 Å². The maximum atomic E-state index is 12.7. The molecule has 0 aromatic heterocycles. The Morgan fingerprint density at radius 1 is 1.33 bits per heavy atom. The van der Waals surface area contributed by atoms with Crippen LogP contribution in [0.25, 0.3) is 0 Å². The van der Waals surface area contributed by atoms with Crippen LogP contribution in [0.5, 0.6) is 0 Å². The average Bonchev–Trinajstić information content (AvgIpc) is 2.91. The second-order valence-electron chi connectivity index (χ2n) is 7.11. The van der Waals surface area contributed by atoms with E-state index >= 15 is 0 Å². The zero-order valence-electron chi connectivity index (χ0n) is 15.1. The van der Waals surface area contributed by atoms with Crippen LogP contribution in [0.15, 0.2) is 35.3 Å². The van der Waals surface area contributed by atoms with Crippen molar-refractivity contribution in [2.75, 3.05) is 0 Å². The SMILES string of the molecule is CCCC1Cc2ccc(C)cc2C1NC(=O)C1C=CC(C(F)(F)F)=NC1=O. The number of dihydropyridines is 1. The van der Waals surface area contributed by atoms with Gasteiger partial charge in [0.05, 0.1) is 6.04 Å². The molecule has 27 heavy (non-hydrogen) atoms. The predicted molar refractivity (Wildman–Crippen MR) is 95.3 cm³/mol. The highest BCUT2D eigenvalue weighted by atomic mass is 19.4. The number of allylic oxidation sites excluding steroid dienone is 1. The van der Waals surface area contributed by atoms with Gasteiger partial charge < -0.3 is 5.32 Å². The fraction of sp³-hybridized carbons (Fsp3) is 0.450. The van der Waals surface area contributed by atoms with Gasteiger partial charge in [-0.1, -0.05) is 43.2 Å². The number of rotatable bonds is 4. The number of hydrogen-bond acceptors (Lipinski definition) is 2. The molecule has 7 heteroatoms. The fourth-order valence-electron chi connectivity index (χ4n) is 3.77. The van der Waals surface area contributed by atoms with Crippen LogP contribution in [0.4, 0.5) is 13.2 Å². The Morgan fingerprint density at radius 2 is 2.07 bits per heavy atom. The zero-order valence-corrected chi connectivity index (χ0v) is 15.1. The van der Waals surface area contributed by atoms with Crippen molar-refractivity contribution in [1.29, 1.82) is 0 Å². The highest BCUT2D eigenvalue weighted by Gasteiger charge is 2.40. The quantitative estimate of drug-likeness (QED) is 0.810. The number of aliphatic imine (C=N–C) groups is 1. The van der Waals surface area contributed by atoms with Crippen LogP contribution in [0, 0.1) is 18.8 Å². The lowest BCUT2D eigenvalue weighted by atomic mass is 9.94. The van der Waals surface area contributed by atoms with Crippen LogP contribution in [0.2, 0.25) is 0 Å². The molecule has 0 bridgehead atoms. The molecular weight excluding hydrogens is 357 g/mol. The van der Waals surface area contributed by atoms with Crippen LogP contribution in [-0.2, 0) is 16.0 Å². The first-order valence-corrected chi connectivity index (χ1v) is 8.98. The van der Waals surface area contributed by atoms with E-state index in [-0.39, 0.29) is 12.0 Å². The van der Waals surface area contributed by atoms with E-state index in [0.717, 1.165) is 42.0 Å². The Labute approximate surface area is 155 Å². The molecule has 1 N–H and O–H groups in total. The summed E-state index contributed by atoms with van der Waals surface area (Å²) in [5, 5.41) is 2.89. The molecule has 0 saturated carbocycles. The minimum Gasteiger partial charge on any atom is -0.348 e. The van der Waals surface area contributed by atoms with E-state index in [2.05, 4.69) is 17.2 Å². The van der Waals surface area contributed by atoms with Gasteiger partial charge in [0.1, 0.15) is 11.6 Å². The highest BCUT2D eigenvalue weighted by molar-refractivity contribution is 6.14. The van der Waals surface area contributed by atoms with Crippen LogP contribution in [0.1, 0.15) is 42.5 Å². The van der Waals surface area contributed by atoms with Crippen molar-refractivity contribution in [2.45, 2.75) is 45.3 Å². The van der Waals surface area contributed by atoms with Crippen LogP contribution in [0.3, 0.4) is 0 Å². The molecule has 4 nitrogen and oxygen atoms in total. The van der Waals surface area contributed by atoms with E-state index in [1.54, 1.807) is 0 Å². The highest BCUT2D eigenvalue weighted by Crippen LogP contribution is 2.39. The molecule has 3 rings (SSSR count). The molecule has 1 aliphatic heterocycles. The van der Waals surface area contributed by atoms with E-state index in [4.69, 9.17) is 0 Å². The molecular formula is C20H21F3N2O2. The normalized spacial score (nSPS) is 24.6. The van der Waals surface area contributed by atoms with Crippen molar-refractivity contribution < 1.29 is 22.8 Å². The maximum absolute atomic E-state index is 12.7. The summed E-state index contributed by atoms with van der Waals surface area (Å²) < 4.78 is 38.0.